The third-order valence-electron chi connectivity index (χ3n) is 2.31. The van der Waals surface area contributed by atoms with Gasteiger partial charge in [-0.2, -0.15) is 0 Å². The van der Waals surface area contributed by atoms with Crippen LogP contribution in [0.15, 0.2) is 15.9 Å². The Bertz CT molecular complexity index is 306. The summed E-state index contributed by atoms with van der Waals surface area (Å²) in [6.07, 6.45) is 2.26. The van der Waals surface area contributed by atoms with E-state index < -0.39 is 0 Å². The maximum Gasteiger partial charge on any atom is 0.104 e. The average Bonchev–Trinajstić information content (AvgIpc) is 2.75. The summed E-state index contributed by atoms with van der Waals surface area (Å²) in [5, 5.41) is 0. The lowest BCUT2D eigenvalue weighted by Crippen LogP contribution is -2.17. The Balaban J connectivity index is 2.19. The van der Waals surface area contributed by atoms with Crippen molar-refractivity contribution in [3.8, 4) is 0 Å². The van der Waals surface area contributed by atoms with Crippen molar-refractivity contribution in [1.82, 2.24) is 0 Å². The second kappa shape index (κ2) is 9.05. The van der Waals surface area contributed by atoms with Gasteiger partial charge in [0.05, 0.1) is 17.0 Å². The van der Waals surface area contributed by atoms with Crippen LogP contribution in [-0.4, -0.2) is 26.4 Å². The molecule has 0 aromatic carbocycles. The normalized spacial score (nSPS) is 12.9. The molecule has 1 aromatic heterocycles. The van der Waals surface area contributed by atoms with E-state index in [0.29, 0.717) is 19.8 Å². The van der Waals surface area contributed by atoms with Gasteiger partial charge in [-0.05, 0) is 34.5 Å². The van der Waals surface area contributed by atoms with E-state index in [0.717, 1.165) is 28.1 Å². The molecule has 3 nitrogen and oxygen atoms in total. The number of ether oxygens (including phenoxy) is 2. The fourth-order valence-corrected chi connectivity index (χ4v) is 2.85. The molecule has 2 N–H and O–H groups in total. The van der Waals surface area contributed by atoms with Crippen LogP contribution < -0.4 is 5.73 Å². The molecule has 0 spiro atoms. The summed E-state index contributed by atoms with van der Waals surface area (Å²) in [7, 11) is 0. The van der Waals surface area contributed by atoms with Gasteiger partial charge in [-0.15, -0.1) is 11.3 Å². The van der Waals surface area contributed by atoms with Crippen molar-refractivity contribution in [2.75, 3.05) is 26.4 Å². The van der Waals surface area contributed by atoms with Gasteiger partial charge in [0, 0.05) is 18.0 Å². The summed E-state index contributed by atoms with van der Waals surface area (Å²) >= 11 is 5.10. The predicted molar refractivity (Wildman–Crippen MR) is 75.5 cm³/mol. The number of halogens is 1. The highest BCUT2D eigenvalue weighted by molar-refractivity contribution is 9.11. The lowest BCUT2D eigenvalue weighted by atomic mass is 10.3. The van der Waals surface area contributed by atoms with Crippen molar-refractivity contribution in [3.63, 3.8) is 0 Å². The average molecular weight is 322 g/mol. The number of nitrogens with two attached hydrogens (primary N) is 1. The lowest BCUT2D eigenvalue weighted by molar-refractivity contribution is 0.00835. The van der Waals surface area contributed by atoms with Gasteiger partial charge in [0.2, 0.25) is 0 Å². The molecular formula is C12H20BrNO2S. The van der Waals surface area contributed by atoms with Gasteiger partial charge in [0.25, 0.3) is 0 Å². The molecule has 17 heavy (non-hydrogen) atoms. The van der Waals surface area contributed by atoms with Crippen LogP contribution in [-0.2, 0) is 9.47 Å². The third-order valence-corrected chi connectivity index (χ3v) is 4.03. The van der Waals surface area contributed by atoms with Crippen LogP contribution in [0.5, 0.6) is 0 Å². The van der Waals surface area contributed by atoms with E-state index in [1.807, 2.05) is 12.1 Å². The van der Waals surface area contributed by atoms with Crippen LogP contribution in [0.25, 0.3) is 0 Å². The molecule has 1 unspecified atom stereocenters. The van der Waals surface area contributed by atoms with E-state index in [1.54, 1.807) is 11.3 Å². The first kappa shape index (κ1) is 15.1. The summed E-state index contributed by atoms with van der Waals surface area (Å²) in [6.45, 7) is 4.71. The predicted octanol–water partition coefficient (Wildman–Crippen LogP) is 3.34. The zero-order valence-corrected chi connectivity index (χ0v) is 12.6. The van der Waals surface area contributed by atoms with E-state index in [1.165, 1.54) is 0 Å². The first-order chi connectivity index (χ1) is 8.27. The third kappa shape index (κ3) is 5.97. The molecule has 1 aromatic rings. The number of hydrogen-bond donors (Lipinski definition) is 1. The molecule has 98 valence electrons. The largest absolute Gasteiger partial charge is 0.379 e. The van der Waals surface area contributed by atoms with Crippen molar-refractivity contribution in [3.05, 3.63) is 20.8 Å². The van der Waals surface area contributed by atoms with Crippen molar-refractivity contribution in [2.45, 2.75) is 25.9 Å². The fourth-order valence-electron chi connectivity index (χ4n) is 1.37. The molecule has 0 bridgehead atoms. The second-order valence-electron chi connectivity index (χ2n) is 3.70. The van der Waals surface area contributed by atoms with Gasteiger partial charge in [0.15, 0.2) is 0 Å². The number of rotatable bonds is 9. The maximum atomic E-state index is 5.71. The molecule has 5 heteroatoms. The zero-order chi connectivity index (χ0) is 12.5. The molecule has 0 saturated carbocycles. The Morgan fingerprint density at radius 3 is 2.76 bits per heavy atom. The van der Waals surface area contributed by atoms with E-state index in [2.05, 4.69) is 22.9 Å². The van der Waals surface area contributed by atoms with Crippen LogP contribution in [0, 0.1) is 0 Å². The Morgan fingerprint density at radius 2 is 2.18 bits per heavy atom. The van der Waals surface area contributed by atoms with Gasteiger partial charge in [-0.3, -0.25) is 0 Å². The molecule has 1 rings (SSSR count). The fraction of sp³-hybridized carbons (Fsp3) is 0.667. The lowest BCUT2D eigenvalue weighted by Gasteiger charge is -2.14. The monoisotopic (exact) mass is 321 g/mol. The van der Waals surface area contributed by atoms with Crippen LogP contribution >= 0.6 is 27.3 Å². The van der Waals surface area contributed by atoms with Crippen molar-refractivity contribution in [2.24, 2.45) is 5.73 Å². The Kier molecular flexibility index (Phi) is 8.05. The number of hydrogen-bond acceptors (Lipinski definition) is 4. The Morgan fingerprint density at radius 1 is 1.35 bits per heavy atom. The molecule has 1 atom stereocenters. The van der Waals surface area contributed by atoms with Crippen molar-refractivity contribution >= 4 is 27.3 Å². The van der Waals surface area contributed by atoms with Crippen LogP contribution in [0.1, 0.15) is 30.7 Å². The number of unbranched alkanes of at least 4 members (excludes halogenated alkanes) is 1. The number of thiophene rings is 1. The first-order valence-electron chi connectivity index (χ1n) is 5.92. The van der Waals surface area contributed by atoms with Crippen LogP contribution in [0.2, 0.25) is 0 Å². The maximum absolute atomic E-state index is 5.71. The molecule has 0 saturated heterocycles. The van der Waals surface area contributed by atoms with E-state index in [4.69, 9.17) is 15.2 Å². The highest BCUT2D eigenvalue weighted by atomic mass is 79.9. The van der Waals surface area contributed by atoms with E-state index in [9.17, 15) is 0 Å². The van der Waals surface area contributed by atoms with Gasteiger partial charge in [0.1, 0.15) is 6.10 Å². The summed E-state index contributed by atoms with van der Waals surface area (Å²) in [6, 6.07) is 4.06. The Hall–Kier alpha value is 0.0600. The SMILES string of the molecule is CCCCOCCOC(CN)c1ccc(Br)s1. The highest BCUT2D eigenvalue weighted by Crippen LogP contribution is 2.28. The van der Waals surface area contributed by atoms with Crippen LogP contribution in [0.3, 0.4) is 0 Å². The van der Waals surface area contributed by atoms with Gasteiger partial charge >= 0.3 is 0 Å². The minimum Gasteiger partial charge on any atom is -0.379 e. The molecular weight excluding hydrogens is 302 g/mol. The smallest absolute Gasteiger partial charge is 0.104 e. The minimum atomic E-state index is -0.0129. The molecule has 1 heterocycles. The van der Waals surface area contributed by atoms with E-state index >= 15 is 0 Å². The molecule has 0 aliphatic carbocycles. The van der Waals surface area contributed by atoms with E-state index in [-0.39, 0.29) is 6.10 Å². The summed E-state index contributed by atoms with van der Waals surface area (Å²) < 4.78 is 12.3. The molecule has 0 amide bonds. The van der Waals surface area contributed by atoms with Crippen molar-refractivity contribution in [1.29, 1.82) is 0 Å². The van der Waals surface area contributed by atoms with Crippen LogP contribution in [0.4, 0.5) is 0 Å². The highest BCUT2D eigenvalue weighted by Gasteiger charge is 2.12. The van der Waals surface area contributed by atoms with Crippen molar-refractivity contribution < 1.29 is 9.47 Å². The van der Waals surface area contributed by atoms with Gasteiger partial charge < -0.3 is 15.2 Å². The standard InChI is InChI=1S/C12H20BrNO2S/c1-2-3-6-15-7-8-16-10(9-14)11-4-5-12(13)17-11/h4-5,10H,2-3,6-9,14H2,1H3. The Labute approximate surface area is 115 Å². The molecule has 0 radical (unpaired) electrons. The molecule has 0 fully saturated rings. The molecule has 0 aliphatic heterocycles. The second-order valence-corrected chi connectivity index (χ2v) is 6.20. The molecule has 0 aliphatic rings. The quantitative estimate of drug-likeness (QED) is 0.709. The summed E-state index contributed by atoms with van der Waals surface area (Å²) in [4.78, 5) is 1.16. The topological polar surface area (TPSA) is 44.5 Å². The van der Waals surface area contributed by atoms with Gasteiger partial charge in [-0.25, -0.2) is 0 Å². The minimum absolute atomic E-state index is 0.0129. The summed E-state index contributed by atoms with van der Waals surface area (Å²) in [5.41, 5.74) is 5.70. The van der Waals surface area contributed by atoms with Gasteiger partial charge in [-0.1, -0.05) is 13.3 Å². The summed E-state index contributed by atoms with van der Waals surface area (Å²) in [5.74, 6) is 0. The first-order valence-corrected chi connectivity index (χ1v) is 7.53. The zero-order valence-electron chi connectivity index (χ0n) is 10.2.